The second-order valence-electron chi connectivity index (χ2n) is 10.8. The van der Waals surface area contributed by atoms with Crippen LogP contribution in [0.15, 0.2) is 30.3 Å². The van der Waals surface area contributed by atoms with Crippen molar-refractivity contribution < 1.29 is 38.9 Å². The molecule has 1 aromatic carbocycles. The largest absolute Gasteiger partial charge is 0.480 e. The maximum absolute atomic E-state index is 12.7. The molecule has 3 amide bonds. The van der Waals surface area contributed by atoms with Crippen molar-refractivity contribution in [2.75, 3.05) is 20.8 Å². The maximum Gasteiger partial charge on any atom is 0.407 e. The zero-order valence-electron chi connectivity index (χ0n) is 23.5. The zero-order valence-corrected chi connectivity index (χ0v) is 23.5. The molecule has 7 N–H and O–H groups in total. The summed E-state index contributed by atoms with van der Waals surface area (Å²) < 4.78 is 8.91. The summed E-state index contributed by atoms with van der Waals surface area (Å²) in [4.78, 5) is 45.8. The summed E-state index contributed by atoms with van der Waals surface area (Å²) in [5.41, 5.74) is 5.46. The minimum atomic E-state index is -1.07. The van der Waals surface area contributed by atoms with Gasteiger partial charge < -0.3 is 41.4 Å². The molecule has 0 spiro atoms. The number of nitrogens with two attached hydrogens (primary N) is 1. The maximum atomic E-state index is 12.7. The second kappa shape index (κ2) is 15.8. The molecule has 0 fully saturated rings. The third-order valence-corrected chi connectivity index (χ3v) is 5.47. The first kappa shape index (κ1) is 34.6. The van der Waals surface area contributed by atoms with Gasteiger partial charge in [-0.3, -0.25) is 4.79 Å². The van der Waals surface area contributed by atoms with Gasteiger partial charge in [0, 0.05) is 6.54 Å². The Balaban J connectivity index is 0.000000889. The fourth-order valence-electron chi connectivity index (χ4n) is 3.26. The number of carboxylic acid groups (broad SMARTS) is 1. The molecule has 0 aliphatic heterocycles. The topological polar surface area (TPSA) is 189 Å². The molecular weight excluding hydrogens is 496 g/mol. The summed E-state index contributed by atoms with van der Waals surface area (Å²) in [7, 11) is 2.43. The number of aliphatic carboxylic acids is 1. The summed E-state index contributed by atoms with van der Waals surface area (Å²) >= 11 is 0. The lowest BCUT2D eigenvalue weighted by atomic mass is 9.85. The number of nitrogens with one attached hydrogen (secondary N) is 3. The van der Waals surface area contributed by atoms with Crippen molar-refractivity contribution >= 4 is 24.1 Å². The van der Waals surface area contributed by atoms with Gasteiger partial charge >= 0.3 is 18.2 Å². The first-order valence-corrected chi connectivity index (χ1v) is 12.1. The highest BCUT2D eigenvalue weighted by Crippen LogP contribution is 2.21. The Morgan fingerprint density at radius 3 is 1.66 bits per heavy atom. The van der Waals surface area contributed by atoms with E-state index in [1.54, 1.807) is 20.8 Å². The Morgan fingerprint density at radius 2 is 1.29 bits per heavy atom. The van der Waals surface area contributed by atoms with E-state index in [1.807, 2.05) is 51.1 Å². The lowest BCUT2D eigenvalue weighted by Crippen LogP contribution is -2.58. The van der Waals surface area contributed by atoms with Crippen molar-refractivity contribution in [3.63, 3.8) is 0 Å². The molecule has 0 radical (unpaired) electrons. The molecule has 12 nitrogen and oxygen atoms in total. The minimum Gasteiger partial charge on any atom is -0.480 e. The molecular formula is C26H44N4O8. The molecule has 0 aliphatic rings. The molecule has 0 bridgehead atoms. The van der Waals surface area contributed by atoms with Crippen LogP contribution in [0.1, 0.15) is 47.1 Å². The number of methoxy groups -OCH3 is 2. The number of benzene rings is 1. The molecule has 0 aliphatic carbocycles. The summed E-state index contributed by atoms with van der Waals surface area (Å²) in [6.07, 6.45) is -1.89. The summed E-state index contributed by atoms with van der Waals surface area (Å²) in [5.74, 6) is -1.47. The molecule has 0 saturated carbocycles. The van der Waals surface area contributed by atoms with E-state index in [-0.39, 0.29) is 6.54 Å². The molecule has 0 saturated heterocycles. The van der Waals surface area contributed by atoms with Crippen LogP contribution in [0.4, 0.5) is 9.59 Å². The van der Waals surface area contributed by atoms with Gasteiger partial charge in [0.25, 0.3) is 0 Å². The van der Waals surface area contributed by atoms with Gasteiger partial charge in [-0.15, -0.1) is 0 Å². The molecule has 1 rings (SSSR count). The average molecular weight is 541 g/mol. The number of alkyl carbamates (subject to hydrolysis) is 2. The Bertz CT molecular complexity index is 897. The molecule has 216 valence electrons. The lowest BCUT2D eigenvalue weighted by molar-refractivity contribution is -0.142. The van der Waals surface area contributed by atoms with E-state index in [0.717, 1.165) is 5.56 Å². The zero-order chi connectivity index (χ0) is 29.7. The first-order valence-electron chi connectivity index (χ1n) is 12.1. The number of amides is 3. The monoisotopic (exact) mass is 540 g/mol. The highest BCUT2D eigenvalue weighted by atomic mass is 16.5. The van der Waals surface area contributed by atoms with Crippen LogP contribution in [0.25, 0.3) is 0 Å². The lowest BCUT2D eigenvalue weighted by Gasteiger charge is -2.32. The van der Waals surface area contributed by atoms with E-state index < -0.39 is 59.1 Å². The normalized spacial score (nSPS) is 14.4. The summed E-state index contributed by atoms with van der Waals surface area (Å²) in [6.45, 7) is 10.7. The second-order valence-corrected chi connectivity index (χ2v) is 10.8. The SMILES string of the molecule is COC(=O)N[C@H](C(=O)NC(Cc1ccccc1)C(O)CN)C(C)(C)C.COC(=O)N[C@H](C(=O)O)C(C)(C)C. The van der Waals surface area contributed by atoms with Crippen molar-refractivity contribution in [3.05, 3.63) is 35.9 Å². The predicted molar refractivity (Wildman–Crippen MR) is 142 cm³/mol. The quantitative estimate of drug-likeness (QED) is 0.270. The van der Waals surface area contributed by atoms with Crippen LogP contribution in [0, 0.1) is 10.8 Å². The van der Waals surface area contributed by atoms with Crippen molar-refractivity contribution in [1.29, 1.82) is 0 Å². The average Bonchev–Trinajstić information content (AvgIpc) is 2.83. The third-order valence-electron chi connectivity index (χ3n) is 5.47. The van der Waals surface area contributed by atoms with Crippen LogP contribution in [0.2, 0.25) is 0 Å². The van der Waals surface area contributed by atoms with E-state index in [0.29, 0.717) is 6.42 Å². The van der Waals surface area contributed by atoms with E-state index >= 15 is 0 Å². The van der Waals surface area contributed by atoms with Crippen molar-refractivity contribution in [2.45, 2.75) is 72.2 Å². The van der Waals surface area contributed by atoms with Gasteiger partial charge in [0.05, 0.1) is 26.4 Å². The molecule has 0 aromatic heterocycles. The Labute approximate surface area is 224 Å². The van der Waals surface area contributed by atoms with E-state index in [9.17, 15) is 24.3 Å². The Hall–Kier alpha value is -3.38. The summed E-state index contributed by atoms with van der Waals surface area (Å²) in [5, 5.41) is 26.6. The predicted octanol–water partition coefficient (Wildman–Crippen LogP) is 1.65. The number of carbonyl (C=O) groups excluding carboxylic acids is 3. The Morgan fingerprint density at radius 1 is 0.842 bits per heavy atom. The first-order chi connectivity index (χ1) is 17.5. The third kappa shape index (κ3) is 12.7. The van der Waals surface area contributed by atoms with Crippen LogP contribution in [0.3, 0.4) is 0 Å². The standard InChI is InChI=1S/C18H29N3O4.C8H15NO4/c1-18(2,3)15(21-17(24)25-4)16(23)20-13(14(22)11-19)10-12-8-6-5-7-9-12;1-8(2,3)5(6(10)11)9-7(12)13-4/h5-9,13-15,22H,10-11,19H2,1-4H3,(H,20,23)(H,21,24);5H,1-4H3,(H,9,12)(H,10,11)/t13?,14?,15-;5-/m11/s1. The van der Waals surface area contributed by atoms with Gasteiger partial charge in [-0.2, -0.15) is 0 Å². The van der Waals surface area contributed by atoms with Crippen molar-refractivity contribution in [1.82, 2.24) is 16.0 Å². The number of hydrogen-bond donors (Lipinski definition) is 6. The van der Waals surface area contributed by atoms with Crippen LogP contribution in [0.5, 0.6) is 0 Å². The van der Waals surface area contributed by atoms with E-state index in [4.69, 9.17) is 10.8 Å². The smallest absolute Gasteiger partial charge is 0.407 e. The highest BCUT2D eigenvalue weighted by Gasteiger charge is 2.35. The number of rotatable bonds is 9. The number of carboxylic acids is 1. The number of aliphatic hydroxyl groups excluding tert-OH is 1. The molecule has 4 atom stereocenters. The van der Waals surface area contributed by atoms with Crippen LogP contribution in [-0.2, 0) is 25.5 Å². The molecule has 2 unspecified atom stereocenters. The van der Waals surface area contributed by atoms with Gasteiger partial charge in [-0.1, -0.05) is 71.9 Å². The number of carbonyl (C=O) groups is 4. The van der Waals surface area contributed by atoms with Crippen LogP contribution >= 0.6 is 0 Å². The summed E-state index contributed by atoms with van der Waals surface area (Å²) in [6, 6.07) is 7.17. The molecule has 38 heavy (non-hydrogen) atoms. The fraction of sp³-hybridized carbons (Fsp3) is 0.615. The van der Waals surface area contributed by atoms with Gasteiger partial charge in [-0.05, 0) is 22.8 Å². The van der Waals surface area contributed by atoms with Crippen molar-refractivity contribution in [3.8, 4) is 0 Å². The molecule has 12 heteroatoms. The Kier molecular flexibility index (Phi) is 14.4. The highest BCUT2D eigenvalue weighted by molar-refractivity contribution is 5.86. The number of ether oxygens (including phenoxy) is 2. The van der Waals surface area contributed by atoms with Crippen LogP contribution in [-0.4, -0.2) is 79.3 Å². The van der Waals surface area contributed by atoms with Gasteiger partial charge in [0.1, 0.15) is 12.1 Å². The van der Waals surface area contributed by atoms with Gasteiger partial charge in [0.15, 0.2) is 0 Å². The van der Waals surface area contributed by atoms with E-state index in [2.05, 4.69) is 25.4 Å². The molecule has 1 aromatic rings. The van der Waals surface area contributed by atoms with Crippen molar-refractivity contribution in [2.24, 2.45) is 16.6 Å². The van der Waals surface area contributed by atoms with E-state index in [1.165, 1.54) is 14.2 Å². The number of aliphatic hydroxyl groups is 1. The molecule has 0 heterocycles. The number of hydrogen-bond acceptors (Lipinski definition) is 8. The van der Waals surface area contributed by atoms with Gasteiger partial charge in [-0.25, -0.2) is 14.4 Å². The van der Waals surface area contributed by atoms with Gasteiger partial charge in [0.2, 0.25) is 5.91 Å². The minimum absolute atomic E-state index is 0.0163. The fourth-order valence-corrected chi connectivity index (χ4v) is 3.26. The van der Waals surface area contributed by atoms with Crippen LogP contribution < -0.4 is 21.7 Å².